The molecule has 0 aliphatic carbocycles. The lowest BCUT2D eigenvalue weighted by Crippen LogP contribution is -2.09. The van der Waals surface area contributed by atoms with Crippen LogP contribution in [0.4, 0.5) is 0 Å². The molecule has 0 nitrogen and oxygen atoms in total. The van der Waals surface area contributed by atoms with E-state index in [0.29, 0.717) is 0 Å². The Kier molecular flexibility index (Phi) is 7.31. The second-order valence-corrected chi connectivity index (χ2v) is 5.89. The summed E-state index contributed by atoms with van der Waals surface area (Å²) in [5.74, 6) is 3.54. The van der Waals surface area contributed by atoms with Gasteiger partial charge in [0.2, 0.25) is 0 Å². The van der Waals surface area contributed by atoms with Crippen molar-refractivity contribution in [3.63, 3.8) is 0 Å². The maximum Gasteiger partial charge on any atom is -0.0417 e. The Balaban J connectivity index is 3.50. The molecule has 0 heteroatoms. The fourth-order valence-electron chi connectivity index (χ4n) is 1.90. The highest BCUT2D eigenvalue weighted by Gasteiger charge is 2.11. The standard InChI is InChI=1S/C14H30/c1-11(2)8-7-9-13(5)10-14(6)12(3)4/h11-14H,7-10H2,1-6H3. The van der Waals surface area contributed by atoms with Gasteiger partial charge in [0.1, 0.15) is 0 Å². The van der Waals surface area contributed by atoms with Crippen LogP contribution in [0, 0.1) is 23.7 Å². The van der Waals surface area contributed by atoms with E-state index in [1.54, 1.807) is 0 Å². The summed E-state index contributed by atoms with van der Waals surface area (Å²) in [4.78, 5) is 0. The second-order valence-electron chi connectivity index (χ2n) is 5.89. The topological polar surface area (TPSA) is 0 Å². The van der Waals surface area contributed by atoms with Crippen molar-refractivity contribution < 1.29 is 0 Å². The molecule has 0 aromatic heterocycles. The highest BCUT2D eigenvalue weighted by atomic mass is 14.2. The zero-order valence-corrected chi connectivity index (χ0v) is 11.1. The third kappa shape index (κ3) is 7.41. The zero-order valence-electron chi connectivity index (χ0n) is 11.1. The van der Waals surface area contributed by atoms with E-state index in [4.69, 9.17) is 0 Å². The van der Waals surface area contributed by atoms with Gasteiger partial charge in [-0.25, -0.2) is 0 Å². The first kappa shape index (κ1) is 14.0. The molecule has 0 N–H and O–H groups in total. The van der Waals surface area contributed by atoms with Gasteiger partial charge in [-0.15, -0.1) is 0 Å². The van der Waals surface area contributed by atoms with Crippen LogP contribution < -0.4 is 0 Å². The molecule has 0 rings (SSSR count). The average molecular weight is 198 g/mol. The minimum absolute atomic E-state index is 0.850. The normalized spacial score (nSPS) is 16.3. The van der Waals surface area contributed by atoms with Gasteiger partial charge in [0.15, 0.2) is 0 Å². The quantitative estimate of drug-likeness (QED) is 0.532. The molecule has 0 fully saturated rings. The summed E-state index contributed by atoms with van der Waals surface area (Å²) in [6.07, 6.45) is 5.66. The Morgan fingerprint density at radius 3 is 1.79 bits per heavy atom. The van der Waals surface area contributed by atoms with Crippen molar-refractivity contribution in [3.05, 3.63) is 0 Å². The van der Waals surface area contributed by atoms with Gasteiger partial charge in [0.05, 0.1) is 0 Å². The van der Waals surface area contributed by atoms with Crippen molar-refractivity contribution in [2.45, 2.75) is 67.2 Å². The summed E-state index contributed by atoms with van der Waals surface area (Å²) >= 11 is 0. The predicted octanol–water partition coefficient (Wildman–Crippen LogP) is 5.13. The molecule has 0 aromatic rings. The summed E-state index contributed by atoms with van der Waals surface area (Å²) in [6, 6.07) is 0. The van der Waals surface area contributed by atoms with Crippen molar-refractivity contribution in [2.24, 2.45) is 23.7 Å². The fraction of sp³-hybridized carbons (Fsp3) is 1.00. The van der Waals surface area contributed by atoms with Crippen LogP contribution in [-0.4, -0.2) is 0 Å². The van der Waals surface area contributed by atoms with E-state index in [2.05, 4.69) is 41.5 Å². The Hall–Kier alpha value is 0. The third-order valence-electron chi connectivity index (χ3n) is 3.39. The minimum Gasteiger partial charge on any atom is -0.0628 e. The molecule has 0 spiro atoms. The van der Waals surface area contributed by atoms with Crippen LogP contribution in [0.2, 0.25) is 0 Å². The lowest BCUT2D eigenvalue weighted by molar-refractivity contribution is 0.313. The van der Waals surface area contributed by atoms with E-state index in [1.807, 2.05) is 0 Å². The van der Waals surface area contributed by atoms with Crippen LogP contribution in [0.15, 0.2) is 0 Å². The van der Waals surface area contributed by atoms with Crippen molar-refractivity contribution in [1.29, 1.82) is 0 Å². The van der Waals surface area contributed by atoms with E-state index in [9.17, 15) is 0 Å². The van der Waals surface area contributed by atoms with Gasteiger partial charge < -0.3 is 0 Å². The Morgan fingerprint density at radius 1 is 0.786 bits per heavy atom. The van der Waals surface area contributed by atoms with Gasteiger partial charge >= 0.3 is 0 Å². The smallest absolute Gasteiger partial charge is 0.0417 e. The number of hydrogen-bond acceptors (Lipinski definition) is 0. The minimum atomic E-state index is 0.850. The van der Waals surface area contributed by atoms with Crippen LogP contribution in [0.3, 0.4) is 0 Å². The molecule has 2 atom stereocenters. The predicted molar refractivity (Wildman–Crippen MR) is 66.5 cm³/mol. The molecule has 0 heterocycles. The van der Waals surface area contributed by atoms with Gasteiger partial charge in [-0.3, -0.25) is 0 Å². The van der Waals surface area contributed by atoms with Crippen LogP contribution in [0.5, 0.6) is 0 Å². The number of rotatable bonds is 7. The summed E-state index contributed by atoms with van der Waals surface area (Å²) in [7, 11) is 0. The molecule has 14 heavy (non-hydrogen) atoms. The van der Waals surface area contributed by atoms with E-state index in [0.717, 1.165) is 23.7 Å². The van der Waals surface area contributed by atoms with E-state index in [1.165, 1.54) is 25.7 Å². The first-order chi connectivity index (χ1) is 6.43. The summed E-state index contributed by atoms with van der Waals surface area (Å²) in [6.45, 7) is 14.1. The molecular formula is C14H30. The Bertz CT molecular complexity index is 124. The molecule has 0 aromatic carbocycles. The lowest BCUT2D eigenvalue weighted by Gasteiger charge is -2.20. The van der Waals surface area contributed by atoms with Gasteiger partial charge in [-0.05, 0) is 30.1 Å². The molecule has 0 saturated heterocycles. The first-order valence-corrected chi connectivity index (χ1v) is 6.43. The molecule has 0 amide bonds. The van der Waals surface area contributed by atoms with Crippen LogP contribution in [-0.2, 0) is 0 Å². The van der Waals surface area contributed by atoms with Crippen LogP contribution >= 0.6 is 0 Å². The molecule has 0 radical (unpaired) electrons. The summed E-state index contributed by atoms with van der Waals surface area (Å²) in [5.41, 5.74) is 0. The number of hydrogen-bond donors (Lipinski definition) is 0. The molecular weight excluding hydrogens is 168 g/mol. The van der Waals surface area contributed by atoms with E-state index >= 15 is 0 Å². The maximum absolute atomic E-state index is 2.42. The molecule has 0 saturated carbocycles. The van der Waals surface area contributed by atoms with Gasteiger partial charge in [0.25, 0.3) is 0 Å². The molecule has 0 bridgehead atoms. The summed E-state index contributed by atoms with van der Waals surface area (Å²) in [5, 5.41) is 0. The van der Waals surface area contributed by atoms with Gasteiger partial charge in [0, 0.05) is 0 Å². The van der Waals surface area contributed by atoms with Crippen LogP contribution in [0.1, 0.15) is 67.2 Å². The SMILES string of the molecule is CC(C)CCCC(C)CC(C)C(C)C. The third-order valence-corrected chi connectivity index (χ3v) is 3.39. The van der Waals surface area contributed by atoms with E-state index in [-0.39, 0.29) is 0 Å². The van der Waals surface area contributed by atoms with Crippen molar-refractivity contribution in [2.75, 3.05) is 0 Å². The molecule has 0 aliphatic rings. The maximum atomic E-state index is 2.42. The van der Waals surface area contributed by atoms with Gasteiger partial charge in [-0.2, -0.15) is 0 Å². The van der Waals surface area contributed by atoms with Crippen LogP contribution in [0.25, 0.3) is 0 Å². The van der Waals surface area contributed by atoms with E-state index < -0.39 is 0 Å². The Labute approximate surface area is 91.5 Å². The van der Waals surface area contributed by atoms with Crippen molar-refractivity contribution in [3.8, 4) is 0 Å². The highest BCUT2D eigenvalue weighted by Crippen LogP contribution is 2.23. The Morgan fingerprint density at radius 2 is 1.36 bits per heavy atom. The highest BCUT2D eigenvalue weighted by molar-refractivity contribution is 4.63. The first-order valence-electron chi connectivity index (χ1n) is 6.43. The lowest BCUT2D eigenvalue weighted by atomic mass is 9.86. The molecule has 2 unspecified atom stereocenters. The largest absolute Gasteiger partial charge is 0.0628 e. The average Bonchev–Trinajstić information content (AvgIpc) is 2.02. The monoisotopic (exact) mass is 198 g/mol. The molecule has 0 aliphatic heterocycles. The zero-order chi connectivity index (χ0) is 11.1. The van der Waals surface area contributed by atoms with Crippen molar-refractivity contribution in [1.82, 2.24) is 0 Å². The second kappa shape index (κ2) is 7.31. The molecule has 86 valence electrons. The van der Waals surface area contributed by atoms with Crippen molar-refractivity contribution >= 4 is 0 Å². The fourth-order valence-corrected chi connectivity index (χ4v) is 1.90. The summed E-state index contributed by atoms with van der Waals surface area (Å²) < 4.78 is 0. The van der Waals surface area contributed by atoms with Gasteiger partial charge in [-0.1, -0.05) is 60.8 Å².